The van der Waals surface area contributed by atoms with Crippen molar-refractivity contribution in [2.24, 2.45) is 4.99 Å². The monoisotopic (exact) mass is 637 g/mol. The van der Waals surface area contributed by atoms with Gasteiger partial charge in [0.15, 0.2) is 17.0 Å². The van der Waals surface area contributed by atoms with Gasteiger partial charge in [0.05, 0.1) is 37.2 Å². The normalized spacial score (nSPS) is 15.3. The molecule has 5 rings (SSSR count). The molecule has 1 aliphatic carbocycles. The zero-order chi connectivity index (χ0) is 33.0. The smallest absolute Gasteiger partial charge is 0.198 e. The zero-order valence-corrected chi connectivity index (χ0v) is 28.7. The van der Waals surface area contributed by atoms with Gasteiger partial charge < -0.3 is 13.9 Å². The van der Waals surface area contributed by atoms with E-state index in [2.05, 4.69) is 64.6 Å². The van der Waals surface area contributed by atoms with E-state index in [1.807, 2.05) is 37.4 Å². The van der Waals surface area contributed by atoms with Crippen molar-refractivity contribution in [3.63, 3.8) is 0 Å². The van der Waals surface area contributed by atoms with Crippen LogP contribution in [0.1, 0.15) is 98.3 Å². The predicted octanol–water partition coefficient (Wildman–Crippen LogP) is 10.0. The Labute approximate surface area is 277 Å². The lowest BCUT2D eigenvalue weighted by molar-refractivity contribution is 0.293. The summed E-state index contributed by atoms with van der Waals surface area (Å²) >= 11 is 6.92. The molecule has 2 aromatic heterocycles. The number of hydrogen-bond acceptors (Lipinski definition) is 6. The molecule has 0 aliphatic heterocycles. The molecule has 1 atom stereocenters. The predicted molar refractivity (Wildman–Crippen MR) is 189 cm³/mol. The van der Waals surface area contributed by atoms with Gasteiger partial charge in [-0.25, -0.2) is 4.98 Å². The Morgan fingerprint density at radius 2 is 1.89 bits per heavy atom. The molecular weight excluding hydrogens is 594 g/mol. The van der Waals surface area contributed by atoms with Crippen LogP contribution in [-0.2, 0) is 10.2 Å². The lowest BCUT2D eigenvalue weighted by Gasteiger charge is -2.29. The van der Waals surface area contributed by atoms with Gasteiger partial charge in [-0.3, -0.25) is 9.98 Å². The van der Waals surface area contributed by atoms with Gasteiger partial charge >= 0.3 is 0 Å². The Bertz CT molecular complexity index is 1810. The second kappa shape index (κ2) is 14.1. The molecule has 4 aromatic rings. The molecule has 1 aliphatic rings. The van der Waals surface area contributed by atoms with Crippen LogP contribution in [0.4, 0.5) is 0 Å². The molecule has 2 heterocycles. The molecule has 2 aromatic carbocycles. The first-order valence-electron chi connectivity index (χ1n) is 15.9. The third-order valence-corrected chi connectivity index (χ3v) is 9.50. The van der Waals surface area contributed by atoms with Crippen LogP contribution < -0.4 is 4.74 Å². The Hall–Kier alpha value is -4.16. The minimum absolute atomic E-state index is 0.102. The lowest BCUT2D eigenvalue weighted by atomic mass is 9.78. The number of methoxy groups -OCH3 is 2. The summed E-state index contributed by atoms with van der Waals surface area (Å²) in [5, 5.41) is 0.506. The number of hydrogen-bond donors (Lipinski definition) is 0. The van der Waals surface area contributed by atoms with E-state index in [9.17, 15) is 0 Å². The number of oxazole rings is 1. The molecule has 0 radical (unpaired) electrons. The summed E-state index contributed by atoms with van der Waals surface area (Å²) in [5.41, 5.74) is 8.21. The van der Waals surface area contributed by atoms with Gasteiger partial charge in [-0.15, -0.1) is 0 Å². The molecule has 240 valence electrons. The molecule has 0 spiro atoms. The van der Waals surface area contributed by atoms with Crippen molar-refractivity contribution in [2.75, 3.05) is 20.8 Å². The number of halogens is 1. The summed E-state index contributed by atoms with van der Waals surface area (Å²) in [6.07, 6.45) is 8.73. The van der Waals surface area contributed by atoms with Crippen LogP contribution in [0, 0.1) is 6.92 Å². The van der Waals surface area contributed by atoms with Crippen molar-refractivity contribution in [1.29, 1.82) is 0 Å². The van der Waals surface area contributed by atoms with Gasteiger partial charge in [0, 0.05) is 23.6 Å². The van der Waals surface area contributed by atoms with E-state index in [0.717, 1.165) is 69.9 Å². The van der Waals surface area contributed by atoms with Gasteiger partial charge in [0.2, 0.25) is 0 Å². The first-order valence-corrected chi connectivity index (χ1v) is 16.3. The first-order chi connectivity index (χ1) is 22.1. The van der Waals surface area contributed by atoms with E-state index in [1.54, 1.807) is 20.3 Å². The number of rotatable bonds is 13. The molecule has 7 heteroatoms. The van der Waals surface area contributed by atoms with Gasteiger partial charge in [-0.2, -0.15) is 0 Å². The maximum absolute atomic E-state index is 6.92. The van der Waals surface area contributed by atoms with E-state index in [1.165, 1.54) is 5.56 Å². The third kappa shape index (κ3) is 6.97. The van der Waals surface area contributed by atoms with Crippen LogP contribution in [-0.4, -0.2) is 36.9 Å². The van der Waals surface area contributed by atoms with Gasteiger partial charge in [0.1, 0.15) is 11.5 Å². The fourth-order valence-electron chi connectivity index (χ4n) is 5.71. The van der Waals surface area contributed by atoms with Crippen molar-refractivity contribution >= 4 is 34.5 Å². The highest BCUT2D eigenvalue weighted by Crippen LogP contribution is 2.42. The van der Waals surface area contributed by atoms with Crippen molar-refractivity contribution in [3.05, 3.63) is 118 Å². The molecule has 6 nitrogen and oxygen atoms in total. The average molecular weight is 638 g/mol. The number of nitrogens with zero attached hydrogens (tertiary/aromatic N) is 3. The van der Waals surface area contributed by atoms with Gasteiger partial charge in [0.25, 0.3) is 0 Å². The number of aromatic nitrogens is 2. The summed E-state index contributed by atoms with van der Waals surface area (Å²) in [5.74, 6) is 2.39. The van der Waals surface area contributed by atoms with E-state index in [0.29, 0.717) is 29.0 Å². The largest absolute Gasteiger partial charge is 0.500 e. The standard InChI is InChI=1S/C39H44ClN3O3/c1-9-14-29(35(40)25(4)44-7)36-24(3)31(39(5,6)10-2)21-32(42-36)30(27-15-12-11-13-16-27)23-41-22-26-19-33(45-8)37-34(20-26)46-38(43-37)28-17-18-28/h9,11-16,19-22,28,30H,1,10,17-18,23H2,2-8H3/b29-14+,35-25-,41-22?. The molecule has 0 N–H and O–H groups in total. The average Bonchev–Trinajstić information content (AvgIpc) is 3.83. The summed E-state index contributed by atoms with van der Waals surface area (Å²) < 4.78 is 17.3. The Kier molecular flexibility index (Phi) is 10.2. The second-order valence-electron chi connectivity index (χ2n) is 12.5. The minimum atomic E-state index is -0.114. The Morgan fingerprint density at radius 3 is 2.52 bits per heavy atom. The SMILES string of the molecule is C=C/C=C(\C(Cl)=C(/C)OC)c1nc(C(CN=Cc2cc(OC)c3nc(C4CC4)oc3c2)c2ccccc2)cc(C(C)(C)CC)c1C. The van der Waals surface area contributed by atoms with Gasteiger partial charge in [-0.05, 0) is 79.0 Å². The van der Waals surface area contributed by atoms with Crippen LogP contribution in [0.5, 0.6) is 5.75 Å². The number of fused-ring (bicyclic) bond motifs is 1. The fourth-order valence-corrected chi connectivity index (χ4v) is 5.94. The van der Waals surface area contributed by atoms with Crippen molar-refractivity contribution in [1.82, 2.24) is 9.97 Å². The van der Waals surface area contributed by atoms with Crippen molar-refractivity contribution < 1.29 is 13.9 Å². The number of benzene rings is 2. The number of aliphatic imine (C=N–C) groups is 1. The van der Waals surface area contributed by atoms with Crippen molar-refractivity contribution in [3.8, 4) is 5.75 Å². The maximum atomic E-state index is 6.92. The van der Waals surface area contributed by atoms with Crippen LogP contribution >= 0.6 is 11.6 Å². The number of ether oxygens (including phenoxy) is 2. The van der Waals surface area contributed by atoms with Crippen LogP contribution in [0.25, 0.3) is 16.7 Å². The van der Waals surface area contributed by atoms with E-state index >= 15 is 0 Å². The van der Waals surface area contributed by atoms with E-state index in [-0.39, 0.29) is 11.3 Å². The fraction of sp³-hybridized carbons (Fsp3) is 0.359. The van der Waals surface area contributed by atoms with Crippen molar-refractivity contribution in [2.45, 2.75) is 71.1 Å². The molecular formula is C39H44ClN3O3. The van der Waals surface area contributed by atoms with Crippen LogP contribution in [0.2, 0.25) is 0 Å². The molecule has 0 saturated heterocycles. The summed E-state index contributed by atoms with van der Waals surface area (Å²) in [7, 11) is 3.28. The molecule has 1 fully saturated rings. The molecule has 46 heavy (non-hydrogen) atoms. The lowest BCUT2D eigenvalue weighted by Crippen LogP contribution is -2.21. The zero-order valence-electron chi connectivity index (χ0n) is 28.0. The third-order valence-electron chi connectivity index (χ3n) is 9.03. The molecule has 1 saturated carbocycles. The Morgan fingerprint density at radius 1 is 1.15 bits per heavy atom. The van der Waals surface area contributed by atoms with Crippen LogP contribution in [0.3, 0.4) is 0 Å². The molecule has 0 bridgehead atoms. The number of pyridine rings is 1. The maximum Gasteiger partial charge on any atom is 0.198 e. The van der Waals surface area contributed by atoms with Crippen LogP contribution in [0.15, 0.2) is 87.5 Å². The molecule has 1 unspecified atom stereocenters. The first kappa shape index (κ1) is 33.2. The summed E-state index contributed by atoms with van der Waals surface area (Å²) in [4.78, 5) is 15.0. The van der Waals surface area contributed by atoms with E-state index < -0.39 is 0 Å². The number of allylic oxidation sites excluding steroid dienone is 5. The quantitative estimate of drug-likeness (QED) is 0.0829. The van der Waals surface area contributed by atoms with Gasteiger partial charge in [-0.1, -0.05) is 81.4 Å². The van der Waals surface area contributed by atoms with E-state index in [4.69, 9.17) is 40.5 Å². The topological polar surface area (TPSA) is 69.7 Å². The molecule has 0 amide bonds. The summed E-state index contributed by atoms with van der Waals surface area (Å²) in [6, 6.07) is 16.6. The highest BCUT2D eigenvalue weighted by Gasteiger charge is 2.30. The minimum Gasteiger partial charge on any atom is -0.500 e. The summed E-state index contributed by atoms with van der Waals surface area (Å²) in [6.45, 7) is 15.2. The Balaban J connectivity index is 1.61. The second-order valence-corrected chi connectivity index (χ2v) is 12.9. The highest BCUT2D eigenvalue weighted by molar-refractivity contribution is 6.37. The highest BCUT2D eigenvalue weighted by atomic mass is 35.5.